The zero-order valence-corrected chi connectivity index (χ0v) is 32.3. The maximum atomic E-state index is 14.6. The van der Waals surface area contributed by atoms with E-state index in [9.17, 15) is 27.6 Å². The summed E-state index contributed by atoms with van der Waals surface area (Å²) in [5, 5.41) is 4.96. The minimum Gasteiger partial charge on any atom is -0.444 e. The first kappa shape index (κ1) is 38.5. The van der Waals surface area contributed by atoms with Gasteiger partial charge < -0.3 is 25.0 Å². The van der Waals surface area contributed by atoms with Gasteiger partial charge in [0.2, 0.25) is 21.8 Å². The van der Waals surface area contributed by atoms with Gasteiger partial charge in [-0.25, -0.2) is 13.2 Å². The minimum atomic E-state index is -3.89. The number of fused-ring (bicyclic) bond motifs is 2. The van der Waals surface area contributed by atoms with Crippen molar-refractivity contribution in [2.75, 3.05) is 6.54 Å². The Bertz CT molecular complexity index is 1850. The largest absolute Gasteiger partial charge is 0.444 e. The Morgan fingerprint density at radius 1 is 0.943 bits per heavy atom. The normalized spacial score (nSPS) is 24.9. The molecular formula is C40H52N4O8S. The van der Waals surface area contributed by atoms with Crippen LogP contribution in [0.1, 0.15) is 95.6 Å². The Morgan fingerprint density at radius 3 is 2.04 bits per heavy atom. The molecule has 1 heterocycles. The first-order valence-electron chi connectivity index (χ1n) is 18.4. The molecule has 0 aromatic heterocycles. The van der Waals surface area contributed by atoms with E-state index in [2.05, 4.69) is 34.1 Å². The third-order valence-corrected chi connectivity index (χ3v) is 12.4. The molecule has 0 radical (unpaired) electrons. The molecule has 0 spiro atoms. The van der Waals surface area contributed by atoms with Gasteiger partial charge in [-0.1, -0.05) is 75.4 Å². The Morgan fingerprint density at radius 2 is 1.53 bits per heavy atom. The van der Waals surface area contributed by atoms with Gasteiger partial charge in [-0.15, -0.1) is 6.58 Å². The van der Waals surface area contributed by atoms with Crippen molar-refractivity contribution in [2.45, 2.75) is 121 Å². The van der Waals surface area contributed by atoms with Crippen molar-refractivity contribution in [1.82, 2.24) is 20.3 Å². The van der Waals surface area contributed by atoms with Crippen LogP contribution in [0.15, 0.2) is 61.2 Å². The van der Waals surface area contributed by atoms with E-state index in [0.29, 0.717) is 12.8 Å². The Kier molecular flexibility index (Phi) is 10.3. The zero-order valence-electron chi connectivity index (χ0n) is 31.4. The van der Waals surface area contributed by atoms with Crippen LogP contribution in [0.25, 0.3) is 0 Å². The average molecular weight is 749 g/mol. The van der Waals surface area contributed by atoms with Gasteiger partial charge in [-0.3, -0.25) is 19.1 Å². The molecule has 3 aliphatic carbocycles. The molecular weight excluding hydrogens is 697 g/mol. The quantitative estimate of drug-likeness (QED) is 0.300. The van der Waals surface area contributed by atoms with Gasteiger partial charge in [0.05, 0.1) is 11.4 Å². The number of benzene rings is 2. The lowest BCUT2D eigenvalue weighted by Crippen LogP contribution is -2.60. The maximum absolute atomic E-state index is 14.6. The van der Waals surface area contributed by atoms with E-state index < -0.39 is 85.9 Å². The lowest BCUT2D eigenvalue weighted by Gasteiger charge is -2.36. The van der Waals surface area contributed by atoms with Gasteiger partial charge in [0.15, 0.2) is 0 Å². The average Bonchev–Trinajstić information content (AvgIpc) is 4.00. The Labute approximate surface area is 312 Å². The molecule has 0 bridgehead atoms. The van der Waals surface area contributed by atoms with Gasteiger partial charge in [-0.2, -0.15) is 0 Å². The smallest absolute Gasteiger partial charge is 0.408 e. The zero-order chi connectivity index (χ0) is 38.5. The second kappa shape index (κ2) is 14.2. The molecule has 13 heteroatoms. The van der Waals surface area contributed by atoms with Gasteiger partial charge in [0.25, 0.3) is 5.91 Å². The molecule has 12 nitrogen and oxygen atoms in total. The summed E-state index contributed by atoms with van der Waals surface area (Å²) in [6.07, 6.45) is 2.53. The third-order valence-electron chi connectivity index (χ3n) is 10.5. The summed E-state index contributed by atoms with van der Waals surface area (Å²) in [7, 11) is -3.89. The highest BCUT2D eigenvalue weighted by Crippen LogP contribution is 2.46. The van der Waals surface area contributed by atoms with Gasteiger partial charge in [0, 0.05) is 18.9 Å². The Balaban J connectivity index is 1.32. The molecule has 1 aliphatic heterocycles. The molecule has 2 saturated carbocycles. The molecule has 2 aromatic carbocycles. The highest BCUT2D eigenvalue weighted by atomic mass is 32.2. The predicted molar refractivity (Wildman–Crippen MR) is 199 cm³/mol. The van der Waals surface area contributed by atoms with Crippen LogP contribution in [0.5, 0.6) is 0 Å². The molecule has 3 N–H and O–H groups in total. The summed E-state index contributed by atoms with van der Waals surface area (Å²) < 4.78 is 40.1. The highest BCUT2D eigenvalue weighted by molar-refractivity contribution is 7.91. The van der Waals surface area contributed by atoms with Crippen LogP contribution in [-0.4, -0.2) is 78.3 Å². The molecule has 5 atom stereocenters. The number of nitrogens with zero attached hydrogens (tertiary/aromatic N) is 1. The maximum Gasteiger partial charge on any atom is 0.408 e. The van der Waals surface area contributed by atoms with E-state index >= 15 is 0 Å². The third kappa shape index (κ3) is 8.31. The lowest BCUT2D eigenvalue weighted by atomic mass is 9.85. The SMILES string of the molecule is C=C[C@@H]1C[C@@]1(NC(=O)[C@@H]1C[C@@H](OC2c3ccccc3CCc3ccccc32)CN1C(=O)[C@@H](NC(=O)OC(C)(C)C)C(C)(C)C)C(=O)NS(=O)(=O)C1CC1. The van der Waals surface area contributed by atoms with Crippen molar-refractivity contribution in [1.29, 1.82) is 0 Å². The summed E-state index contributed by atoms with van der Waals surface area (Å²) in [4.78, 5) is 57.1. The van der Waals surface area contributed by atoms with E-state index in [4.69, 9.17) is 9.47 Å². The van der Waals surface area contributed by atoms with E-state index in [-0.39, 0.29) is 19.4 Å². The summed E-state index contributed by atoms with van der Waals surface area (Å²) >= 11 is 0. The molecule has 2 aromatic rings. The number of carbonyl (C=O) groups is 4. The number of likely N-dealkylation sites (tertiary alicyclic amines) is 1. The molecule has 1 saturated heterocycles. The van der Waals surface area contributed by atoms with Crippen LogP contribution in [0.3, 0.4) is 0 Å². The number of aryl methyl sites for hydroxylation is 2. The number of carbonyl (C=O) groups excluding carboxylic acids is 4. The fourth-order valence-corrected chi connectivity index (χ4v) is 8.82. The van der Waals surface area contributed by atoms with Crippen molar-refractivity contribution in [3.8, 4) is 0 Å². The molecule has 6 rings (SSSR count). The van der Waals surface area contributed by atoms with Crippen molar-refractivity contribution < 1.29 is 37.1 Å². The lowest BCUT2D eigenvalue weighted by molar-refractivity contribution is -0.143. The van der Waals surface area contributed by atoms with E-state index in [1.807, 2.05) is 57.2 Å². The number of ether oxygens (including phenoxy) is 2. The standard InChI is InChI=1S/C40H52N4O8S/c1-8-26-22-40(26,36(47)43-53(49,50)28-19-20-28)42-34(45)31-21-27(23-44(31)35(46)33(38(2,3)4)41-37(48)52-39(5,6)7)51-32-29-15-11-9-13-24(29)17-18-25-14-10-12-16-30(25)32/h8-16,26-28,31-33H,1,17-23H2,2-7H3,(H,41,48)(H,42,45)(H,43,47)/t26-,27-,31+,33-,40+/m1/s1. The van der Waals surface area contributed by atoms with Crippen molar-refractivity contribution in [2.24, 2.45) is 11.3 Å². The second-order valence-corrected chi connectivity index (χ2v) is 18.9. The molecule has 0 unspecified atom stereocenters. The Hall–Kier alpha value is -4.23. The van der Waals surface area contributed by atoms with Crippen molar-refractivity contribution in [3.63, 3.8) is 0 Å². The first-order valence-corrected chi connectivity index (χ1v) is 20.0. The summed E-state index contributed by atoms with van der Waals surface area (Å²) in [6, 6.07) is 14.0. The van der Waals surface area contributed by atoms with Crippen LogP contribution in [-0.2, 0) is 46.7 Å². The van der Waals surface area contributed by atoms with E-state index in [1.165, 1.54) is 11.0 Å². The second-order valence-electron chi connectivity index (χ2n) is 16.9. The molecule has 286 valence electrons. The monoisotopic (exact) mass is 748 g/mol. The fourth-order valence-electron chi connectivity index (χ4n) is 7.46. The van der Waals surface area contributed by atoms with Gasteiger partial charge in [0.1, 0.15) is 29.3 Å². The molecule has 4 aliphatic rings. The number of hydrogen-bond acceptors (Lipinski definition) is 8. The predicted octanol–water partition coefficient (Wildman–Crippen LogP) is 4.47. The van der Waals surface area contributed by atoms with Crippen LogP contribution in [0.2, 0.25) is 0 Å². The number of rotatable bonds is 10. The summed E-state index contributed by atoms with van der Waals surface area (Å²) in [5.74, 6) is -2.47. The topological polar surface area (TPSA) is 160 Å². The van der Waals surface area contributed by atoms with Crippen LogP contribution in [0, 0.1) is 11.3 Å². The summed E-state index contributed by atoms with van der Waals surface area (Å²) in [6.45, 7) is 14.4. The number of alkyl carbamates (subject to hydrolysis) is 1. The van der Waals surface area contributed by atoms with Crippen LogP contribution < -0.4 is 15.4 Å². The number of sulfonamides is 1. The number of amides is 4. The molecule has 53 heavy (non-hydrogen) atoms. The van der Waals surface area contributed by atoms with Crippen molar-refractivity contribution >= 4 is 33.8 Å². The molecule has 4 amide bonds. The van der Waals surface area contributed by atoms with Crippen LogP contribution >= 0.6 is 0 Å². The summed E-state index contributed by atoms with van der Waals surface area (Å²) in [5.41, 5.74) is 1.19. The van der Waals surface area contributed by atoms with Gasteiger partial charge >= 0.3 is 6.09 Å². The first-order chi connectivity index (χ1) is 24.8. The van der Waals surface area contributed by atoms with Gasteiger partial charge in [-0.05, 0) is 80.5 Å². The molecule has 3 fully saturated rings. The minimum absolute atomic E-state index is 0.0282. The van der Waals surface area contributed by atoms with Crippen molar-refractivity contribution in [3.05, 3.63) is 83.4 Å². The fraction of sp³-hybridized carbons (Fsp3) is 0.550. The highest BCUT2D eigenvalue weighted by Gasteiger charge is 2.62. The van der Waals surface area contributed by atoms with Crippen LogP contribution in [0.4, 0.5) is 4.79 Å². The van der Waals surface area contributed by atoms with E-state index in [1.54, 1.807) is 20.8 Å². The number of nitrogens with one attached hydrogen (secondary N) is 3. The number of hydrogen-bond donors (Lipinski definition) is 3. The van der Waals surface area contributed by atoms with E-state index in [0.717, 1.165) is 35.1 Å².